The average molecular weight is 315 g/mol. The molecule has 1 rings (SSSR count). The number of ether oxygens (including phenoxy) is 2. The van der Waals surface area contributed by atoms with Gasteiger partial charge in [-0.2, -0.15) is 0 Å². The molecule has 0 saturated heterocycles. The number of hydrogen-bond acceptors (Lipinski definition) is 4. The summed E-state index contributed by atoms with van der Waals surface area (Å²) in [6.45, 7) is 5.76. The SMILES string of the molecule is CCC(C)CNCc1cc(Cl)c(OCC(N)=O)c(OC)c1. The lowest BCUT2D eigenvalue weighted by Gasteiger charge is -2.14. The molecule has 5 nitrogen and oxygen atoms in total. The van der Waals surface area contributed by atoms with Crippen LogP contribution in [0.5, 0.6) is 11.5 Å². The lowest BCUT2D eigenvalue weighted by atomic mass is 10.1. The molecule has 0 radical (unpaired) electrons. The van der Waals surface area contributed by atoms with Crippen molar-refractivity contribution in [2.75, 3.05) is 20.3 Å². The van der Waals surface area contributed by atoms with Gasteiger partial charge in [-0.1, -0.05) is 31.9 Å². The van der Waals surface area contributed by atoms with E-state index in [1.807, 2.05) is 6.07 Å². The molecule has 0 saturated carbocycles. The Morgan fingerprint density at radius 2 is 2.19 bits per heavy atom. The van der Waals surface area contributed by atoms with E-state index in [1.54, 1.807) is 6.07 Å². The minimum Gasteiger partial charge on any atom is -0.493 e. The zero-order valence-electron chi connectivity index (χ0n) is 12.7. The zero-order valence-corrected chi connectivity index (χ0v) is 13.5. The molecule has 0 spiro atoms. The first-order chi connectivity index (χ1) is 9.97. The van der Waals surface area contributed by atoms with E-state index >= 15 is 0 Å². The number of methoxy groups -OCH3 is 1. The minimum atomic E-state index is -0.563. The first kappa shape index (κ1) is 17.6. The van der Waals surface area contributed by atoms with Gasteiger partial charge in [0.05, 0.1) is 12.1 Å². The summed E-state index contributed by atoms with van der Waals surface area (Å²) in [5.74, 6) is 0.890. The predicted molar refractivity (Wildman–Crippen MR) is 83.9 cm³/mol. The molecule has 21 heavy (non-hydrogen) atoms. The monoisotopic (exact) mass is 314 g/mol. The van der Waals surface area contributed by atoms with Crippen molar-refractivity contribution in [3.63, 3.8) is 0 Å². The van der Waals surface area contributed by atoms with Crippen LogP contribution in [0.25, 0.3) is 0 Å². The molecule has 1 aromatic rings. The Morgan fingerprint density at radius 1 is 1.48 bits per heavy atom. The smallest absolute Gasteiger partial charge is 0.255 e. The summed E-state index contributed by atoms with van der Waals surface area (Å²) >= 11 is 6.18. The number of amides is 1. The summed E-state index contributed by atoms with van der Waals surface area (Å²) in [4.78, 5) is 10.8. The highest BCUT2D eigenvalue weighted by atomic mass is 35.5. The Balaban J connectivity index is 2.75. The maximum absolute atomic E-state index is 10.8. The Kier molecular flexibility index (Phi) is 7.32. The van der Waals surface area contributed by atoms with Gasteiger partial charge in [0.2, 0.25) is 0 Å². The zero-order chi connectivity index (χ0) is 15.8. The molecule has 0 aliphatic carbocycles. The van der Waals surface area contributed by atoms with Gasteiger partial charge in [0.1, 0.15) is 0 Å². The lowest BCUT2D eigenvalue weighted by Crippen LogP contribution is -2.21. The predicted octanol–water partition coefficient (Wildman–Crippen LogP) is 2.35. The normalized spacial score (nSPS) is 12.0. The molecule has 0 fully saturated rings. The summed E-state index contributed by atoms with van der Waals surface area (Å²) in [7, 11) is 1.53. The van der Waals surface area contributed by atoms with Crippen molar-refractivity contribution in [3.8, 4) is 11.5 Å². The highest BCUT2D eigenvalue weighted by Crippen LogP contribution is 2.36. The fraction of sp³-hybridized carbons (Fsp3) is 0.533. The van der Waals surface area contributed by atoms with Crippen molar-refractivity contribution >= 4 is 17.5 Å². The number of nitrogens with one attached hydrogen (secondary N) is 1. The van der Waals surface area contributed by atoms with Crippen LogP contribution < -0.4 is 20.5 Å². The molecule has 0 aliphatic heterocycles. The summed E-state index contributed by atoms with van der Waals surface area (Å²) < 4.78 is 10.5. The standard InChI is InChI=1S/C15H23ClN2O3/c1-4-10(2)7-18-8-11-5-12(16)15(13(6-11)20-3)21-9-14(17)19/h5-6,10,18H,4,7-9H2,1-3H3,(H2,17,19). The van der Waals surface area contributed by atoms with Crippen LogP contribution in [0.1, 0.15) is 25.8 Å². The van der Waals surface area contributed by atoms with Crippen LogP contribution in [-0.2, 0) is 11.3 Å². The third-order valence-electron chi connectivity index (χ3n) is 3.17. The van der Waals surface area contributed by atoms with E-state index in [1.165, 1.54) is 7.11 Å². The highest BCUT2D eigenvalue weighted by Gasteiger charge is 2.13. The molecule has 1 amide bonds. The van der Waals surface area contributed by atoms with E-state index in [9.17, 15) is 4.79 Å². The topological polar surface area (TPSA) is 73.6 Å². The van der Waals surface area contributed by atoms with Gasteiger partial charge in [-0.15, -0.1) is 0 Å². The largest absolute Gasteiger partial charge is 0.493 e. The van der Waals surface area contributed by atoms with Crippen molar-refractivity contribution < 1.29 is 14.3 Å². The maximum Gasteiger partial charge on any atom is 0.255 e. The highest BCUT2D eigenvalue weighted by molar-refractivity contribution is 6.32. The van der Waals surface area contributed by atoms with E-state index in [2.05, 4.69) is 19.2 Å². The van der Waals surface area contributed by atoms with Crippen LogP contribution in [0.15, 0.2) is 12.1 Å². The molecule has 118 valence electrons. The maximum atomic E-state index is 10.8. The lowest BCUT2D eigenvalue weighted by molar-refractivity contribution is -0.119. The third kappa shape index (κ3) is 5.81. The number of halogens is 1. The van der Waals surface area contributed by atoms with Gasteiger partial charge in [0.15, 0.2) is 18.1 Å². The summed E-state index contributed by atoms with van der Waals surface area (Å²) in [6, 6.07) is 3.63. The van der Waals surface area contributed by atoms with Crippen LogP contribution in [0.4, 0.5) is 0 Å². The van der Waals surface area contributed by atoms with Crippen molar-refractivity contribution in [2.45, 2.75) is 26.8 Å². The Morgan fingerprint density at radius 3 is 2.76 bits per heavy atom. The van der Waals surface area contributed by atoms with Gasteiger partial charge in [-0.25, -0.2) is 0 Å². The summed E-state index contributed by atoms with van der Waals surface area (Å²) in [5.41, 5.74) is 6.05. The second-order valence-electron chi connectivity index (χ2n) is 5.01. The number of benzene rings is 1. The van der Waals surface area contributed by atoms with Crippen molar-refractivity contribution in [1.29, 1.82) is 0 Å². The second-order valence-corrected chi connectivity index (χ2v) is 5.42. The van der Waals surface area contributed by atoms with Crippen LogP contribution in [0.3, 0.4) is 0 Å². The summed E-state index contributed by atoms with van der Waals surface area (Å²) in [6.07, 6.45) is 1.14. The minimum absolute atomic E-state index is 0.234. The van der Waals surface area contributed by atoms with E-state index in [0.717, 1.165) is 18.5 Å². The molecule has 6 heteroatoms. The molecule has 0 aromatic heterocycles. The molecule has 1 atom stereocenters. The van der Waals surface area contributed by atoms with E-state index in [4.69, 9.17) is 26.8 Å². The van der Waals surface area contributed by atoms with Crippen LogP contribution >= 0.6 is 11.6 Å². The van der Waals surface area contributed by atoms with Gasteiger partial charge in [0.25, 0.3) is 5.91 Å². The number of nitrogens with two attached hydrogens (primary N) is 1. The number of rotatable bonds is 9. The van der Waals surface area contributed by atoms with E-state index in [0.29, 0.717) is 29.0 Å². The molecule has 0 aliphatic rings. The van der Waals surface area contributed by atoms with Crippen LogP contribution in [-0.4, -0.2) is 26.2 Å². The molecule has 1 unspecified atom stereocenters. The van der Waals surface area contributed by atoms with Crippen molar-refractivity contribution in [1.82, 2.24) is 5.32 Å². The molecule has 0 heterocycles. The van der Waals surface area contributed by atoms with Crippen molar-refractivity contribution in [3.05, 3.63) is 22.7 Å². The van der Waals surface area contributed by atoms with Crippen LogP contribution in [0.2, 0.25) is 5.02 Å². The van der Waals surface area contributed by atoms with E-state index < -0.39 is 5.91 Å². The molecule has 0 bridgehead atoms. The molecular weight excluding hydrogens is 292 g/mol. The fourth-order valence-corrected chi connectivity index (χ4v) is 2.05. The fourth-order valence-electron chi connectivity index (χ4n) is 1.77. The molecular formula is C15H23ClN2O3. The quantitative estimate of drug-likeness (QED) is 0.734. The van der Waals surface area contributed by atoms with Gasteiger partial charge >= 0.3 is 0 Å². The second kappa shape index (κ2) is 8.74. The van der Waals surface area contributed by atoms with E-state index in [-0.39, 0.29) is 6.61 Å². The first-order valence-electron chi connectivity index (χ1n) is 6.96. The third-order valence-corrected chi connectivity index (χ3v) is 3.45. The summed E-state index contributed by atoms with van der Waals surface area (Å²) in [5, 5.41) is 3.77. The Bertz CT molecular complexity index is 480. The number of carbonyl (C=O) groups excluding carboxylic acids is 1. The number of primary amides is 1. The number of carbonyl (C=O) groups is 1. The number of hydrogen-bond donors (Lipinski definition) is 2. The van der Waals surface area contributed by atoms with Crippen molar-refractivity contribution in [2.24, 2.45) is 11.7 Å². The van der Waals surface area contributed by atoms with Crippen LogP contribution in [0, 0.1) is 5.92 Å². The van der Waals surface area contributed by atoms with Gasteiger partial charge in [-0.05, 0) is 30.2 Å². The van der Waals surface area contributed by atoms with Gasteiger partial charge in [0, 0.05) is 6.54 Å². The average Bonchev–Trinajstić information content (AvgIpc) is 2.45. The Labute approximate surface area is 130 Å². The molecule has 3 N–H and O–H groups in total. The van der Waals surface area contributed by atoms with Gasteiger partial charge < -0.3 is 20.5 Å². The van der Waals surface area contributed by atoms with Gasteiger partial charge in [-0.3, -0.25) is 4.79 Å². The first-order valence-corrected chi connectivity index (χ1v) is 7.33. The molecule has 1 aromatic carbocycles. The Hall–Kier alpha value is -1.46.